The zero-order chi connectivity index (χ0) is 19.4. The molecule has 0 aliphatic carbocycles. The molecule has 0 radical (unpaired) electrons. The van der Waals surface area contributed by atoms with Gasteiger partial charge in [0.05, 0.1) is 6.42 Å². The zero-order valence-electron chi connectivity index (χ0n) is 15.1. The van der Waals surface area contributed by atoms with Gasteiger partial charge in [-0.3, -0.25) is 20.4 Å². The molecular formula is C20H20FN3O3. The molecule has 3 N–H and O–H groups in total. The Hall–Kier alpha value is -3.35. The van der Waals surface area contributed by atoms with Crippen LogP contribution in [-0.2, 0) is 16.0 Å². The number of ether oxygens (including phenoxy) is 1. The van der Waals surface area contributed by atoms with Crippen molar-refractivity contribution in [2.45, 2.75) is 20.3 Å². The van der Waals surface area contributed by atoms with E-state index in [-0.39, 0.29) is 18.8 Å². The van der Waals surface area contributed by atoms with Crippen LogP contribution in [0.4, 0.5) is 4.39 Å². The summed E-state index contributed by atoms with van der Waals surface area (Å²) < 4.78 is 18.8. The van der Waals surface area contributed by atoms with Gasteiger partial charge >= 0.3 is 0 Å². The average molecular weight is 369 g/mol. The number of halogens is 1. The average Bonchev–Trinajstić information content (AvgIpc) is 2.93. The second-order valence-electron chi connectivity index (χ2n) is 6.30. The first-order valence-electron chi connectivity index (χ1n) is 8.46. The van der Waals surface area contributed by atoms with Gasteiger partial charge in [0.2, 0.25) is 5.91 Å². The van der Waals surface area contributed by atoms with E-state index in [0.29, 0.717) is 16.7 Å². The molecule has 140 valence electrons. The quantitative estimate of drug-likeness (QED) is 0.605. The summed E-state index contributed by atoms with van der Waals surface area (Å²) in [5, 5.41) is 0.650. The molecule has 2 aromatic carbocycles. The lowest BCUT2D eigenvalue weighted by Crippen LogP contribution is -2.44. The number of hydrogen-bond donors (Lipinski definition) is 3. The predicted octanol–water partition coefficient (Wildman–Crippen LogP) is 2.69. The van der Waals surface area contributed by atoms with Crippen molar-refractivity contribution in [2.75, 3.05) is 6.61 Å². The molecule has 6 nitrogen and oxygen atoms in total. The zero-order valence-corrected chi connectivity index (χ0v) is 15.1. The third kappa shape index (κ3) is 4.63. The van der Waals surface area contributed by atoms with Gasteiger partial charge in [0.15, 0.2) is 6.61 Å². The van der Waals surface area contributed by atoms with Crippen LogP contribution in [0.1, 0.15) is 16.8 Å². The fourth-order valence-electron chi connectivity index (χ4n) is 2.82. The van der Waals surface area contributed by atoms with Gasteiger partial charge in [-0.2, -0.15) is 0 Å². The highest BCUT2D eigenvalue weighted by atomic mass is 19.1. The number of carbonyl (C=O) groups excluding carboxylic acids is 2. The Morgan fingerprint density at radius 3 is 2.63 bits per heavy atom. The summed E-state index contributed by atoms with van der Waals surface area (Å²) in [6, 6.07) is 11.7. The molecule has 0 spiro atoms. The number of nitrogens with one attached hydrogen (secondary N) is 3. The smallest absolute Gasteiger partial charge is 0.276 e. The number of benzene rings is 2. The van der Waals surface area contributed by atoms with Crippen LogP contribution in [0.5, 0.6) is 5.75 Å². The third-order valence-electron chi connectivity index (χ3n) is 4.12. The minimum Gasteiger partial charge on any atom is -0.484 e. The van der Waals surface area contributed by atoms with Gasteiger partial charge < -0.3 is 9.72 Å². The van der Waals surface area contributed by atoms with Gasteiger partial charge in [0.25, 0.3) is 5.91 Å². The molecule has 7 heteroatoms. The van der Waals surface area contributed by atoms with Crippen LogP contribution in [0.3, 0.4) is 0 Å². The first-order valence-corrected chi connectivity index (χ1v) is 8.46. The normalized spacial score (nSPS) is 10.6. The monoisotopic (exact) mass is 369 g/mol. The Balaban J connectivity index is 1.53. The molecule has 1 heterocycles. The number of amides is 2. The van der Waals surface area contributed by atoms with Crippen LogP contribution in [0.25, 0.3) is 10.9 Å². The van der Waals surface area contributed by atoms with Crippen molar-refractivity contribution in [1.82, 2.24) is 15.8 Å². The van der Waals surface area contributed by atoms with Crippen molar-refractivity contribution in [3.8, 4) is 5.75 Å². The van der Waals surface area contributed by atoms with E-state index < -0.39 is 11.8 Å². The van der Waals surface area contributed by atoms with E-state index >= 15 is 0 Å². The van der Waals surface area contributed by atoms with Crippen molar-refractivity contribution < 1.29 is 18.7 Å². The molecule has 0 unspecified atom stereocenters. The molecule has 3 rings (SSSR count). The van der Waals surface area contributed by atoms with Crippen molar-refractivity contribution >= 4 is 22.7 Å². The minimum absolute atomic E-state index is 0.00824. The maximum Gasteiger partial charge on any atom is 0.276 e. The summed E-state index contributed by atoms with van der Waals surface area (Å²) in [5.41, 5.74) is 7.90. The second-order valence-corrected chi connectivity index (χ2v) is 6.30. The van der Waals surface area contributed by atoms with Crippen LogP contribution >= 0.6 is 0 Å². The fourth-order valence-corrected chi connectivity index (χ4v) is 2.82. The number of aromatic nitrogens is 1. The maximum absolute atomic E-state index is 13.5. The van der Waals surface area contributed by atoms with Gasteiger partial charge in [0.1, 0.15) is 11.6 Å². The fraction of sp³-hybridized carbons (Fsp3) is 0.200. The van der Waals surface area contributed by atoms with Crippen molar-refractivity contribution in [3.05, 3.63) is 65.1 Å². The first kappa shape index (κ1) is 18.4. The first-order chi connectivity index (χ1) is 12.9. The van der Waals surface area contributed by atoms with E-state index in [1.165, 1.54) is 12.1 Å². The number of hydrogen-bond acceptors (Lipinski definition) is 3. The SMILES string of the molecule is Cc1cccc(OCC(=O)NNC(=O)Cc2c(C)[nH]c3ccc(F)cc23)c1. The number of fused-ring (bicyclic) bond motifs is 1. The highest BCUT2D eigenvalue weighted by Crippen LogP contribution is 2.23. The third-order valence-corrected chi connectivity index (χ3v) is 4.12. The second kappa shape index (κ2) is 7.90. The van der Waals surface area contributed by atoms with Gasteiger partial charge in [-0.05, 0) is 55.3 Å². The maximum atomic E-state index is 13.5. The summed E-state index contributed by atoms with van der Waals surface area (Å²) in [6.07, 6.45) is 0.00824. The standard InChI is InChI=1S/C20H20FN3O3/c1-12-4-3-5-15(8-12)27-11-20(26)24-23-19(25)10-16-13(2)22-18-7-6-14(21)9-17(16)18/h3-9,22H,10-11H2,1-2H3,(H,23,25)(H,24,26). The molecule has 0 aliphatic rings. The van der Waals surface area contributed by atoms with E-state index in [4.69, 9.17) is 4.74 Å². The highest BCUT2D eigenvalue weighted by molar-refractivity contribution is 5.91. The van der Waals surface area contributed by atoms with Crippen molar-refractivity contribution in [2.24, 2.45) is 0 Å². The van der Waals surface area contributed by atoms with Crippen molar-refractivity contribution in [1.29, 1.82) is 0 Å². The van der Waals surface area contributed by atoms with Crippen molar-refractivity contribution in [3.63, 3.8) is 0 Å². The van der Waals surface area contributed by atoms with E-state index in [1.807, 2.05) is 32.0 Å². The molecule has 2 amide bonds. The van der Waals surface area contributed by atoms with Gasteiger partial charge in [-0.1, -0.05) is 12.1 Å². The van der Waals surface area contributed by atoms with E-state index in [0.717, 1.165) is 16.8 Å². The Morgan fingerprint density at radius 1 is 1.07 bits per heavy atom. The van der Waals surface area contributed by atoms with Crippen LogP contribution in [0.15, 0.2) is 42.5 Å². The van der Waals surface area contributed by atoms with Crippen LogP contribution in [0, 0.1) is 19.7 Å². The summed E-state index contributed by atoms with van der Waals surface area (Å²) in [7, 11) is 0. The lowest BCUT2D eigenvalue weighted by Gasteiger charge is -2.09. The Labute approximate surface area is 155 Å². The van der Waals surface area contributed by atoms with Crippen LogP contribution in [0.2, 0.25) is 0 Å². The largest absolute Gasteiger partial charge is 0.484 e. The molecule has 0 bridgehead atoms. The molecule has 0 saturated carbocycles. The lowest BCUT2D eigenvalue weighted by atomic mass is 10.1. The number of H-pyrrole nitrogens is 1. The number of carbonyl (C=O) groups is 2. The molecule has 0 fully saturated rings. The van der Waals surface area contributed by atoms with Gasteiger partial charge in [-0.15, -0.1) is 0 Å². The van der Waals surface area contributed by atoms with Crippen LogP contribution in [-0.4, -0.2) is 23.4 Å². The molecule has 0 aliphatic heterocycles. The van der Waals surface area contributed by atoms with Crippen LogP contribution < -0.4 is 15.6 Å². The topological polar surface area (TPSA) is 83.2 Å². The number of aromatic amines is 1. The summed E-state index contributed by atoms with van der Waals surface area (Å²) >= 11 is 0. The number of aryl methyl sites for hydroxylation is 2. The summed E-state index contributed by atoms with van der Waals surface area (Å²) in [6.45, 7) is 3.52. The number of hydrazine groups is 1. The molecule has 1 aromatic heterocycles. The Kier molecular flexibility index (Phi) is 5.40. The molecule has 0 atom stereocenters. The molecule has 27 heavy (non-hydrogen) atoms. The minimum atomic E-state index is -0.480. The Morgan fingerprint density at radius 2 is 1.85 bits per heavy atom. The van der Waals surface area contributed by atoms with E-state index in [9.17, 15) is 14.0 Å². The molecular weight excluding hydrogens is 349 g/mol. The highest BCUT2D eigenvalue weighted by Gasteiger charge is 2.14. The number of rotatable bonds is 5. The lowest BCUT2D eigenvalue weighted by molar-refractivity contribution is -0.129. The summed E-state index contributed by atoms with van der Waals surface area (Å²) in [4.78, 5) is 27.1. The van der Waals surface area contributed by atoms with E-state index in [2.05, 4.69) is 15.8 Å². The Bertz CT molecular complexity index is 997. The predicted molar refractivity (Wildman–Crippen MR) is 99.7 cm³/mol. The van der Waals surface area contributed by atoms with Gasteiger partial charge in [0, 0.05) is 16.6 Å². The van der Waals surface area contributed by atoms with E-state index in [1.54, 1.807) is 12.1 Å². The summed E-state index contributed by atoms with van der Waals surface area (Å²) in [5.74, 6) is -0.684. The van der Waals surface area contributed by atoms with Gasteiger partial charge in [-0.25, -0.2) is 4.39 Å². The molecule has 3 aromatic rings. The molecule has 0 saturated heterocycles.